The Morgan fingerprint density at radius 3 is 1.82 bits per heavy atom. The average Bonchev–Trinajstić information content (AvgIpc) is 2.35. The average molecular weight is 308 g/mol. The van der Waals surface area contributed by atoms with Crippen molar-refractivity contribution in [1.82, 2.24) is 0 Å². The molecule has 0 aliphatic carbocycles. The number of carbonyl (C=O) groups is 1. The molecule has 1 atom stereocenters. The highest BCUT2D eigenvalue weighted by molar-refractivity contribution is 5.70. The van der Waals surface area contributed by atoms with Crippen molar-refractivity contribution in [2.24, 2.45) is 0 Å². The monoisotopic (exact) mass is 308 g/mol. The molecule has 1 unspecified atom stereocenters. The first-order valence-corrected chi connectivity index (χ1v) is 7.50. The zero-order valence-corrected chi connectivity index (χ0v) is 14.7. The van der Waals surface area contributed by atoms with Crippen LogP contribution in [0.1, 0.15) is 70.8 Å². The molecule has 0 spiro atoms. The van der Waals surface area contributed by atoms with Crippen LogP contribution in [0.25, 0.3) is 0 Å². The standard InChI is InChI=1S/C18H28O4/c1-17(2,3)12-8-11(14(19)10-15(20)22-7)9-13(16(12)21)18(4,5)6/h8-9,14,19,21H,10H2,1-7H3. The van der Waals surface area contributed by atoms with Crippen LogP contribution in [0.2, 0.25) is 0 Å². The highest BCUT2D eigenvalue weighted by atomic mass is 16.5. The Labute approximate surface area is 133 Å². The topological polar surface area (TPSA) is 66.8 Å². The number of ether oxygens (including phenoxy) is 1. The van der Waals surface area contributed by atoms with Gasteiger partial charge in [0.2, 0.25) is 0 Å². The van der Waals surface area contributed by atoms with Gasteiger partial charge in [-0.05, 0) is 39.7 Å². The third-order valence-electron chi connectivity index (χ3n) is 3.72. The van der Waals surface area contributed by atoms with Crippen molar-refractivity contribution in [3.63, 3.8) is 0 Å². The lowest BCUT2D eigenvalue weighted by Crippen LogP contribution is -2.19. The Kier molecular flexibility index (Phi) is 5.29. The van der Waals surface area contributed by atoms with E-state index in [0.29, 0.717) is 5.56 Å². The lowest BCUT2D eigenvalue weighted by atomic mass is 9.78. The lowest BCUT2D eigenvalue weighted by Gasteiger charge is -2.29. The molecule has 22 heavy (non-hydrogen) atoms. The molecule has 1 rings (SSSR count). The third-order valence-corrected chi connectivity index (χ3v) is 3.72. The maximum Gasteiger partial charge on any atom is 0.308 e. The first-order valence-electron chi connectivity index (χ1n) is 7.50. The van der Waals surface area contributed by atoms with Crippen LogP contribution >= 0.6 is 0 Å². The third kappa shape index (κ3) is 4.23. The van der Waals surface area contributed by atoms with E-state index in [1.54, 1.807) is 12.1 Å². The van der Waals surface area contributed by atoms with Crippen molar-refractivity contribution < 1.29 is 19.7 Å². The summed E-state index contributed by atoms with van der Waals surface area (Å²) in [5.74, 6) is -0.204. The summed E-state index contributed by atoms with van der Waals surface area (Å²) >= 11 is 0. The SMILES string of the molecule is COC(=O)CC(O)c1cc(C(C)(C)C)c(O)c(C(C)(C)C)c1. The fraction of sp³-hybridized carbons (Fsp3) is 0.611. The number of aromatic hydroxyl groups is 1. The second-order valence-corrected chi connectivity index (χ2v) is 7.76. The minimum Gasteiger partial charge on any atom is -0.507 e. The van der Waals surface area contributed by atoms with Gasteiger partial charge in [0.1, 0.15) is 5.75 Å². The van der Waals surface area contributed by atoms with Gasteiger partial charge in [-0.3, -0.25) is 4.79 Å². The second kappa shape index (κ2) is 6.29. The Bertz CT molecular complexity index is 512. The predicted octanol–water partition coefficient (Wildman–Crippen LogP) is 3.58. The Morgan fingerprint density at radius 1 is 1.09 bits per heavy atom. The van der Waals surface area contributed by atoms with Gasteiger partial charge < -0.3 is 14.9 Å². The summed E-state index contributed by atoms with van der Waals surface area (Å²) in [6, 6.07) is 3.55. The van der Waals surface area contributed by atoms with Crippen LogP contribution in [0, 0.1) is 0 Å². The van der Waals surface area contributed by atoms with Gasteiger partial charge in [0.05, 0.1) is 19.6 Å². The summed E-state index contributed by atoms with van der Waals surface area (Å²) in [5.41, 5.74) is 1.60. The van der Waals surface area contributed by atoms with Gasteiger partial charge in [-0.15, -0.1) is 0 Å². The van der Waals surface area contributed by atoms with E-state index in [1.807, 2.05) is 41.5 Å². The first-order chi connectivity index (χ1) is 9.87. The number of methoxy groups -OCH3 is 1. The van der Waals surface area contributed by atoms with Crippen molar-refractivity contribution in [3.8, 4) is 5.75 Å². The van der Waals surface area contributed by atoms with Crippen LogP contribution in [0.4, 0.5) is 0 Å². The fourth-order valence-electron chi connectivity index (χ4n) is 2.35. The number of carbonyl (C=O) groups excluding carboxylic acids is 1. The van der Waals surface area contributed by atoms with Crippen molar-refractivity contribution in [3.05, 3.63) is 28.8 Å². The van der Waals surface area contributed by atoms with Gasteiger partial charge in [0.25, 0.3) is 0 Å². The fourth-order valence-corrected chi connectivity index (χ4v) is 2.35. The zero-order valence-electron chi connectivity index (χ0n) is 14.7. The minimum absolute atomic E-state index is 0.103. The molecule has 124 valence electrons. The van der Waals surface area contributed by atoms with Crippen LogP contribution < -0.4 is 0 Å². The normalized spacial score (nSPS) is 13.8. The summed E-state index contributed by atoms with van der Waals surface area (Å²) < 4.78 is 4.61. The number of hydrogen-bond acceptors (Lipinski definition) is 4. The summed E-state index contributed by atoms with van der Waals surface area (Å²) in [4.78, 5) is 11.4. The molecule has 0 fully saturated rings. The molecule has 1 aromatic rings. The minimum atomic E-state index is -0.949. The number of esters is 1. The van der Waals surface area contributed by atoms with Gasteiger partial charge >= 0.3 is 5.97 Å². The molecule has 0 aliphatic heterocycles. The van der Waals surface area contributed by atoms with Gasteiger partial charge in [0.15, 0.2) is 0 Å². The molecule has 2 N–H and O–H groups in total. The lowest BCUT2D eigenvalue weighted by molar-refractivity contribution is -0.142. The molecule has 0 bridgehead atoms. The Balaban J connectivity index is 3.44. The Hall–Kier alpha value is -1.55. The van der Waals surface area contributed by atoms with E-state index in [1.165, 1.54) is 7.11 Å². The molecule has 1 aromatic carbocycles. The van der Waals surface area contributed by atoms with E-state index in [-0.39, 0.29) is 23.0 Å². The number of benzene rings is 1. The number of phenolic OH excluding ortho intramolecular Hbond substituents is 1. The maximum absolute atomic E-state index is 11.4. The van der Waals surface area contributed by atoms with E-state index in [2.05, 4.69) is 4.74 Å². The van der Waals surface area contributed by atoms with Crippen LogP contribution in [0.3, 0.4) is 0 Å². The molecule has 0 aliphatic rings. The summed E-state index contributed by atoms with van der Waals surface area (Å²) in [7, 11) is 1.30. The quantitative estimate of drug-likeness (QED) is 0.838. The second-order valence-electron chi connectivity index (χ2n) is 7.76. The maximum atomic E-state index is 11.4. The van der Waals surface area contributed by atoms with E-state index < -0.39 is 12.1 Å². The molecule has 0 saturated carbocycles. The number of aliphatic hydroxyl groups is 1. The summed E-state index contributed by atoms with van der Waals surface area (Å²) in [5, 5.41) is 20.9. The molecular formula is C18H28O4. The predicted molar refractivity (Wildman–Crippen MR) is 87.1 cm³/mol. The summed E-state index contributed by atoms with van der Waals surface area (Å²) in [6.45, 7) is 12.0. The number of phenols is 1. The number of hydrogen-bond donors (Lipinski definition) is 2. The van der Waals surface area contributed by atoms with Gasteiger partial charge in [0, 0.05) is 0 Å². The van der Waals surface area contributed by atoms with Crippen LogP contribution in [-0.4, -0.2) is 23.3 Å². The zero-order chi connectivity index (χ0) is 17.3. The van der Waals surface area contributed by atoms with Crippen molar-refractivity contribution in [2.75, 3.05) is 7.11 Å². The molecule has 4 heteroatoms. The highest BCUT2D eigenvalue weighted by Crippen LogP contribution is 2.41. The van der Waals surface area contributed by atoms with Gasteiger partial charge in [-0.2, -0.15) is 0 Å². The number of rotatable bonds is 3. The van der Waals surface area contributed by atoms with E-state index in [4.69, 9.17) is 0 Å². The van der Waals surface area contributed by atoms with E-state index in [9.17, 15) is 15.0 Å². The van der Waals surface area contributed by atoms with E-state index in [0.717, 1.165) is 11.1 Å². The van der Waals surface area contributed by atoms with Crippen LogP contribution in [0.5, 0.6) is 5.75 Å². The number of aliphatic hydroxyl groups excluding tert-OH is 1. The molecule has 0 amide bonds. The van der Waals surface area contributed by atoms with Crippen molar-refractivity contribution in [1.29, 1.82) is 0 Å². The first kappa shape index (κ1) is 18.5. The smallest absolute Gasteiger partial charge is 0.308 e. The van der Waals surface area contributed by atoms with Crippen LogP contribution in [-0.2, 0) is 20.4 Å². The molecule has 0 aromatic heterocycles. The van der Waals surface area contributed by atoms with Gasteiger partial charge in [-0.25, -0.2) is 0 Å². The molecular weight excluding hydrogens is 280 g/mol. The Morgan fingerprint density at radius 2 is 1.50 bits per heavy atom. The molecule has 0 heterocycles. The molecule has 4 nitrogen and oxygen atoms in total. The van der Waals surface area contributed by atoms with E-state index >= 15 is 0 Å². The molecule has 0 saturated heterocycles. The van der Waals surface area contributed by atoms with Crippen molar-refractivity contribution in [2.45, 2.75) is 64.9 Å². The van der Waals surface area contributed by atoms with Crippen LogP contribution in [0.15, 0.2) is 12.1 Å². The van der Waals surface area contributed by atoms with Gasteiger partial charge in [-0.1, -0.05) is 41.5 Å². The highest BCUT2D eigenvalue weighted by Gasteiger charge is 2.28. The largest absolute Gasteiger partial charge is 0.507 e. The van der Waals surface area contributed by atoms with Crippen molar-refractivity contribution >= 4 is 5.97 Å². The summed E-state index contributed by atoms with van der Waals surface area (Å²) in [6.07, 6.45) is -1.05. The molecule has 0 radical (unpaired) electrons.